The molecular weight excluding hydrogens is 348 g/mol. The van der Waals surface area contributed by atoms with E-state index in [-0.39, 0.29) is 0 Å². The molecule has 1 heterocycles. The van der Waals surface area contributed by atoms with E-state index in [2.05, 4.69) is 79.3 Å². The van der Waals surface area contributed by atoms with Crippen molar-refractivity contribution in [2.45, 2.75) is 39.9 Å². The van der Waals surface area contributed by atoms with E-state index in [1.807, 2.05) is 38.6 Å². The third-order valence-corrected chi connectivity index (χ3v) is 5.36. The third kappa shape index (κ3) is 11.2. The maximum atomic E-state index is 4.05. The van der Waals surface area contributed by atoms with Crippen LogP contribution >= 0.6 is 11.8 Å². The summed E-state index contributed by atoms with van der Waals surface area (Å²) < 4.78 is 0. The average Bonchev–Trinajstić information content (AvgIpc) is 2.72. The molecule has 1 fully saturated rings. The predicted molar refractivity (Wildman–Crippen MR) is 128 cm³/mol. The Balaban J connectivity index is 0.00000326. The monoisotopic (exact) mass is 388 g/mol. The lowest BCUT2D eigenvalue weighted by atomic mass is 10.0. The number of piperazine rings is 1. The van der Waals surface area contributed by atoms with Crippen molar-refractivity contribution in [3.05, 3.63) is 72.4 Å². The van der Waals surface area contributed by atoms with Crippen LogP contribution in [0.5, 0.6) is 0 Å². The standard InChI is InChI=1S/C22H34N2S.C2H6/c1-5-9-12-20(8-4)22(21(11-7-3)13-10-6-2)25-19-18-24-16-14-23-15-17-24;1-2/h5-13,22-23H,4,14-19H2,1-3H3;1-2H3/b9-5-,10-6-,11-7-,20-12+,21-13+;. The first-order valence-electron chi connectivity index (χ1n) is 10.2. The maximum absolute atomic E-state index is 4.05. The molecule has 0 aromatic carbocycles. The number of rotatable bonds is 10. The zero-order chi connectivity index (χ0) is 20.3. The van der Waals surface area contributed by atoms with Crippen molar-refractivity contribution in [1.29, 1.82) is 0 Å². The molecule has 0 aromatic heterocycles. The Bertz CT molecular complexity index is 520. The minimum Gasteiger partial charge on any atom is -0.314 e. The molecule has 0 radical (unpaired) electrons. The van der Waals surface area contributed by atoms with Crippen molar-refractivity contribution in [2.75, 3.05) is 38.5 Å². The van der Waals surface area contributed by atoms with Crippen LogP contribution in [0.4, 0.5) is 0 Å². The van der Waals surface area contributed by atoms with E-state index in [0.29, 0.717) is 5.25 Å². The fourth-order valence-corrected chi connectivity index (χ4v) is 4.04. The molecule has 1 N–H and O–H groups in total. The average molecular weight is 389 g/mol. The molecule has 0 aliphatic carbocycles. The Morgan fingerprint density at radius 1 is 1.00 bits per heavy atom. The topological polar surface area (TPSA) is 15.3 Å². The maximum Gasteiger partial charge on any atom is 0.0546 e. The van der Waals surface area contributed by atoms with Gasteiger partial charge >= 0.3 is 0 Å². The van der Waals surface area contributed by atoms with Crippen LogP contribution in [0.2, 0.25) is 0 Å². The van der Waals surface area contributed by atoms with Gasteiger partial charge in [0.05, 0.1) is 5.25 Å². The molecule has 0 amide bonds. The summed E-state index contributed by atoms with van der Waals surface area (Å²) in [6, 6.07) is 0. The summed E-state index contributed by atoms with van der Waals surface area (Å²) in [5.74, 6) is 1.12. The number of allylic oxidation sites excluding steroid dienone is 9. The zero-order valence-corrected chi connectivity index (χ0v) is 18.9. The number of nitrogens with one attached hydrogen (secondary N) is 1. The van der Waals surface area contributed by atoms with E-state index in [0.717, 1.165) is 38.5 Å². The highest BCUT2D eigenvalue weighted by atomic mass is 32.2. The molecule has 3 heteroatoms. The SMILES string of the molecule is C=C/C(=C\C=C/C)C(SCCN1CCNCC1)C(/C=C\C)=C/C=C\C.CC. The summed E-state index contributed by atoms with van der Waals surface area (Å²) >= 11 is 2.01. The Morgan fingerprint density at radius 2 is 1.59 bits per heavy atom. The summed E-state index contributed by atoms with van der Waals surface area (Å²) in [7, 11) is 0. The normalized spacial score (nSPS) is 18.1. The van der Waals surface area contributed by atoms with Gasteiger partial charge in [-0.05, 0) is 31.9 Å². The molecule has 1 aliphatic rings. The zero-order valence-electron chi connectivity index (χ0n) is 18.1. The fraction of sp³-hybridized carbons (Fsp3) is 0.500. The van der Waals surface area contributed by atoms with Crippen LogP contribution in [0.25, 0.3) is 0 Å². The molecule has 0 spiro atoms. The summed E-state index contributed by atoms with van der Waals surface area (Å²) in [5, 5.41) is 3.73. The van der Waals surface area contributed by atoms with E-state index in [1.54, 1.807) is 0 Å². The van der Waals surface area contributed by atoms with Gasteiger partial charge in [0.15, 0.2) is 0 Å². The highest BCUT2D eigenvalue weighted by molar-refractivity contribution is 8.00. The van der Waals surface area contributed by atoms with Gasteiger partial charge in [-0.2, -0.15) is 0 Å². The van der Waals surface area contributed by atoms with Crippen molar-refractivity contribution < 1.29 is 0 Å². The Kier molecular flexibility index (Phi) is 17.2. The fourth-order valence-electron chi connectivity index (χ4n) is 2.72. The first-order valence-corrected chi connectivity index (χ1v) is 11.3. The third-order valence-electron chi connectivity index (χ3n) is 4.06. The predicted octanol–water partition coefficient (Wildman–Crippen LogP) is 5.79. The van der Waals surface area contributed by atoms with Gasteiger partial charge in [0.25, 0.3) is 0 Å². The molecule has 1 unspecified atom stereocenters. The summed E-state index contributed by atoms with van der Waals surface area (Å²) in [5.41, 5.74) is 2.58. The summed E-state index contributed by atoms with van der Waals surface area (Å²) in [4.78, 5) is 2.55. The molecule has 1 saturated heterocycles. The minimum atomic E-state index is 0.309. The lowest BCUT2D eigenvalue weighted by molar-refractivity contribution is 0.255. The minimum absolute atomic E-state index is 0.309. The van der Waals surface area contributed by atoms with Gasteiger partial charge in [0.2, 0.25) is 0 Å². The summed E-state index contributed by atoms with van der Waals surface area (Å²) in [6.45, 7) is 19.9. The lowest BCUT2D eigenvalue weighted by Gasteiger charge is -2.28. The van der Waals surface area contributed by atoms with E-state index >= 15 is 0 Å². The molecule has 2 nitrogen and oxygen atoms in total. The van der Waals surface area contributed by atoms with E-state index < -0.39 is 0 Å². The van der Waals surface area contributed by atoms with Gasteiger partial charge < -0.3 is 5.32 Å². The molecule has 152 valence electrons. The molecule has 27 heavy (non-hydrogen) atoms. The Labute approximate surface area is 172 Å². The van der Waals surface area contributed by atoms with E-state index in [4.69, 9.17) is 0 Å². The molecule has 1 atom stereocenters. The largest absolute Gasteiger partial charge is 0.314 e. The van der Waals surface area contributed by atoms with E-state index in [9.17, 15) is 0 Å². The molecule has 1 aliphatic heterocycles. The summed E-state index contributed by atoms with van der Waals surface area (Å²) in [6.07, 6.45) is 19.1. The van der Waals surface area contributed by atoms with Gasteiger partial charge in [-0.25, -0.2) is 0 Å². The van der Waals surface area contributed by atoms with Crippen molar-refractivity contribution in [1.82, 2.24) is 10.2 Å². The van der Waals surface area contributed by atoms with Crippen LogP contribution < -0.4 is 5.32 Å². The van der Waals surface area contributed by atoms with Gasteiger partial charge in [-0.3, -0.25) is 4.90 Å². The molecule has 0 saturated carbocycles. The second-order valence-electron chi connectivity index (χ2n) is 5.93. The van der Waals surface area contributed by atoms with Gasteiger partial charge in [-0.15, -0.1) is 11.8 Å². The first-order chi connectivity index (χ1) is 13.3. The lowest BCUT2D eigenvalue weighted by Crippen LogP contribution is -2.44. The molecule has 0 bridgehead atoms. The number of hydrogen-bond donors (Lipinski definition) is 1. The quantitative estimate of drug-likeness (QED) is 0.477. The van der Waals surface area contributed by atoms with Gasteiger partial charge in [-0.1, -0.05) is 75.1 Å². The number of nitrogens with zero attached hydrogens (tertiary/aromatic N) is 1. The smallest absolute Gasteiger partial charge is 0.0546 e. The van der Waals surface area contributed by atoms with Crippen LogP contribution in [-0.2, 0) is 0 Å². The second kappa shape index (κ2) is 18.1. The van der Waals surface area contributed by atoms with Gasteiger partial charge in [0.1, 0.15) is 0 Å². The highest BCUT2D eigenvalue weighted by Gasteiger charge is 2.17. The Hall–Kier alpha value is -1.29. The molecule has 1 rings (SSSR count). The van der Waals surface area contributed by atoms with Crippen LogP contribution in [-0.4, -0.2) is 48.6 Å². The van der Waals surface area contributed by atoms with Crippen molar-refractivity contribution in [3.63, 3.8) is 0 Å². The van der Waals surface area contributed by atoms with Crippen LogP contribution in [0, 0.1) is 0 Å². The van der Waals surface area contributed by atoms with Crippen molar-refractivity contribution >= 4 is 11.8 Å². The second-order valence-corrected chi connectivity index (χ2v) is 7.14. The van der Waals surface area contributed by atoms with Crippen LogP contribution in [0.1, 0.15) is 34.6 Å². The Morgan fingerprint density at radius 3 is 2.11 bits per heavy atom. The number of hydrogen-bond acceptors (Lipinski definition) is 3. The van der Waals surface area contributed by atoms with Crippen LogP contribution in [0.15, 0.2) is 72.4 Å². The number of thioether (sulfide) groups is 1. The van der Waals surface area contributed by atoms with Crippen molar-refractivity contribution in [3.8, 4) is 0 Å². The van der Waals surface area contributed by atoms with Gasteiger partial charge in [0, 0.05) is 38.5 Å². The molecule has 0 aromatic rings. The highest BCUT2D eigenvalue weighted by Crippen LogP contribution is 2.29. The van der Waals surface area contributed by atoms with E-state index in [1.165, 1.54) is 11.1 Å². The first kappa shape index (κ1) is 25.7. The molecular formula is C24H40N2S. The van der Waals surface area contributed by atoms with Crippen LogP contribution in [0.3, 0.4) is 0 Å². The van der Waals surface area contributed by atoms with Crippen molar-refractivity contribution in [2.24, 2.45) is 0 Å².